The summed E-state index contributed by atoms with van der Waals surface area (Å²) < 4.78 is 25.2. The van der Waals surface area contributed by atoms with Crippen molar-refractivity contribution in [1.29, 1.82) is 0 Å². The van der Waals surface area contributed by atoms with Gasteiger partial charge in [-0.05, 0) is 31.9 Å². The molecule has 0 spiro atoms. The van der Waals surface area contributed by atoms with Crippen LogP contribution in [-0.4, -0.2) is 74.6 Å². The van der Waals surface area contributed by atoms with Gasteiger partial charge in [-0.3, -0.25) is 4.57 Å². The van der Waals surface area contributed by atoms with Gasteiger partial charge in [0.05, 0.1) is 25.6 Å². The first-order chi connectivity index (χ1) is 13.4. The highest BCUT2D eigenvalue weighted by Crippen LogP contribution is 2.43. The molecule has 3 aliphatic heterocycles. The Morgan fingerprint density at radius 3 is 2.89 bits per heavy atom. The Kier molecular flexibility index (Phi) is 4.45. The van der Waals surface area contributed by atoms with Gasteiger partial charge in [-0.25, -0.2) is 4.98 Å². The number of hydrogen-bond acceptors (Lipinski definition) is 9. The fraction of sp³-hybridized carbons (Fsp3) is 0.706. The summed E-state index contributed by atoms with van der Waals surface area (Å²) in [6.45, 7) is 4.83. The van der Waals surface area contributed by atoms with Crippen molar-refractivity contribution < 1.29 is 24.1 Å². The van der Waals surface area contributed by atoms with E-state index in [-0.39, 0.29) is 24.0 Å². The summed E-state index contributed by atoms with van der Waals surface area (Å²) in [5, 5.41) is 13.1. The molecule has 2 aromatic heterocycles. The number of aliphatic hydroxyl groups is 1. The average molecular weight is 412 g/mol. The van der Waals surface area contributed by atoms with E-state index in [9.17, 15) is 5.11 Å². The average Bonchev–Trinajstić information content (AvgIpc) is 3.38. The minimum Gasteiger partial charge on any atom is -0.394 e. The summed E-state index contributed by atoms with van der Waals surface area (Å²) in [7, 11) is 0. The Balaban J connectivity index is 1.52. The smallest absolute Gasteiger partial charge is 0.226 e. The Morgan fingerprint density at radius 1 is 1.32 bits per heavy atom. The predicted octanol–water partition coefficient (Wildman–Crippen LogP) is 1.09. The van der Waals surface area contributed by atoms with Gasteiger partial charge in [0, 0.05) is 6.61 Å². The second kappa shape index (κ2) is 6.75. The molecule has 4 unspecified atom stereocenters. The lowest BCUT2D eigenvalue weighted by Gasteiger charge is -2.24. The quantitative estimate of drug-likeness (QED) is 0.713. The Bertz CT molecular complexity index is 886. The first kappa shape index (κ1) is 18.5. The van der Waals surface area contributed by atoms with Crippen molar-refractivity contribution in [3.63, 3.8) is 0 Å². The molecule has 152 valence electrons. The Hall–Kier alpha value is -1.56. The van der Waals surface area contributed by atoms with Crippen LogP contribution < -0.4 is 5.32 Å². The second-order valence-corrected chi connectivity index (χ2v) is 8.02. The third kappa shape index (κ3) is 3.04. The van der Waals surface area contributed by atoms with E-state index in [1.165, 1.54) is 0 Å². The normalized spacial score (nSPS) is 34.2. The third-order valence-corrected chi connectivity index (χ3v) is 5.41. The molecule has 0 radical (unpaired) electrons. The number of nitrogens with zero attached hydrogens (tertiary/aromatic N) is 4. The molecule has 2 N–H and O–H groups in total. The van der Waals surface area contributed by atoms with Crippen molar-refractivity contribution in [2.75, 3.05) is 25.1 Å². The third-order valence-electron chi connectivity index (χ3n) is 5.24. The maximum Gasteiger partial charge on any atom is 0.226 e. The van der Waals surface area contributed by atoms with Crippen molar-refractivity contribution in [2.24, 2.45) is 0 Å². The van der Waals surface area contributed by atoms with E-state index in [0.717, 1.165) is 6.42 Å². The summed E-state index contributed by atoms with van der Waals surface area (Å²) in [6, 6.07) is 0.151. The molecule has 0 aromatic carbocycles. The maximum atomic E-state index is 9.71. The number of aliphatic hydroxyl groups excluding tert-OH is 1. The number of nitrogens with one attached hydrogen (secondary N) is 1. The molecule has 0 bridgehead atoms. The molecular weight excluding hydrogens is 390 g/mol. The number of anilines is 1. The maximum absolute atomic E-state index is 9.71. The van der Waals surface area contributed by atoms with Crippen LogP contribution in [0.2, 0.25) is 5.28 Å². The number of imidazole rings is 1. The van der Waals surface area contributed by atoms with Crippen LogP contribution in [0.1, 0.15) is 26.5 Å². The summed E-state index contributed by atoms with van der Waals surface area (Å²) in [4.78, 5) is 13.1. The molecule has 10 nitrogen and oxygen atoms in total. The molecule has 11 heteroatoms. The van der Waals surface area contributed by atoms with Gasteiger partial charge in [0.2, 0.25) is 5.28 Å². The minimum atomic E-state index is -0.761. The summed E-state index contributed by atoms with van der Waals surface area (Å²) in [5.74, 6) is -0.204. The highest BCUT2D eigenvalue weighted by atomic mass is 35.5. The first-order valence-corrected chi connectivity index (χ1v) is 9.69. The Morgan fingerprint density at radius 2 is 2.14 bits per heavy atom. The number of fused-ring (bicyclic) bond motifs is 2. The van der Waals surface area contributed by atoms with Crippen LogP contribution in [0.5, 0.6) is 0 Å². The highest BCUT2D eigenvalue weighted by molar-refractivity contribution is 6.28. The second-order valence-electron chi connectivity index (χ2n) is 7.68. The van der Waals surface area contributed by atoms with E-state index in [4.69, 9.17) is 30.5 Å². The van der Waals surface area contributed by atoms with Gasteiger partial charge in [-0.1, -0.05) is 0 Å². The van der Waals surface area contributed by atoms with Gasteiger partial charge in [-0.15, -0.1) is 0 Å². The van der Waals surface area contributed by atoms with Gasteiger partial charge in [0.1, 0.15) is 18.3 Å². The molecule has 3 saturated heterocycles. The molecule has 3 fully saturated rings. The SMILES string of the molecule is CC1(C)OC2C(CO)OC(n3cnc4c(N[C@@H]5CCOC5)nc(Cl)nc43)C2O1. The first-order valence-electron chi connectivity index (χ1n) is 9.31. The topological polar surface area (TPSA) is 113 Å². The molecule has 3 aliphatic rings. The van der Waals surface area contributed by atoms with Crippen LogP contribution >= 0.6 is 11.6 Å². The number of hydrogen-bond donors (Lipinski definition) is 2. The van der Waals surface area contributed by atoms with Crippen molar-refractivity contribution in [3.05, 3.63) is 11.6 Å². The van der Waals surface area contributed by atoms with E-state index in [2.05, 4.69) is 20.3 Å². The van der Waals surface area contributed by atoms with Gasteiger partial charge < -0.3 is 29.4 Å². The predicted molar refractivity (Wildman–Crippen MR) is 98.0 cm³/mol. The zero-order chi connectivity index (χ0) is 19.5. The van der Waals surface area contributed by atoms with E-state index < -0.39 is 24.2 Å². The summed E-state index contributed by atoms with van der Waals surface area (Å²) in [5.41, 5.74) is 1.11. The number of ether oxygens (including phenoxy) is 4. The van der Waals surface area contributed by atoms with Crippen LogP contribution in [0.3, 0.4) is 0 Å². The number of rotatable bonds is 4. The zero-order valence-electron chi connectivity index (χ0n) is 15.5. The van der Waals surface area contributed by atoms with Crippen molar-refractivity contribution in [2.45, 2.75) is 56.6 Å². The standard InChI is InChI=1S/C17H22ClN5O5/c1-17(2)27-11-9(5-24)26-15(12(11)28-17)23-7-19-10-13(20-8-3-4-25-6-8)21-16(18)22-14(10)23/h7-9,11-12,15,24H,3-6H2,1-2H3,(H,20,21,22)/t8-,9?,11?,12?,15?/m1/s1. The van der Waals surface area contributed by atoms with Gasteiger partial charge in [-0.2, -0.15) is 9.97 Å². The van der Waals surface area contributed by atoms with Crippen LogP contribution in [0, 0.1) is 0 Å². The monoisotopic (exact) mass is 411 g/mol. The number of halogens is 1. The van der Waals surface area contributed by atoms with Crippen LogP contribution in [0.4, 0.5) is 5.82 Å². The van der Waals surface area contributed by atoms with Crippen LogP contribution in [0.25, 0.3) is 11.2 Å². The van der Waals surface area contributed by atoms with Crippen molar-refractivity contribution >= 4 is 28.6 Å². The van der Waals surface area contributed by atoms with E-state index in [1.54, 1.807) is 10.9 Å². The minimum absolute atomic E-state index is 0.104. The molecule has 0 aliphatic carbocycles. The van der Waals surface area contributed by atoms with Gasteiger partial charge in [0.15, 0.2) is 29.0 Å². The van der Waals surface area contributed by atoms with Crippen LogP contribution in [0.15, 0.2) is 6.33 Å². The zero-order valence-corrected chi connectivity index (χ0v) is 16.3. The molecule has 5 atom stereocenters. The lowest BCUT2D eigenvalue weighted by molar-refractivity contribution is -0.199. The molecule has 0 amide bonds. The number of aromatic nitrogens is 4. The highest BCUT2D eigenvalue weighted by Gasteiger charge is 2.56. The van der Waals surface area contributed by atoms with Gasteiger partial charge in [0.25, 0.3) is 0 Å². The molecular formula is C17H22ClN5O5. The molecule has 5 heterocycles. The fourth-order valence-electron chi connectivity index (χ4n) is 4.05. The van der Waals surface area contributed by atoms with Crippen LogP contribution in [-0.2, 0) is 18.9 Å². The molecule has 5 rings (SSSR count). The van der Waals surface area contributed by atoms with Crippen molar-refractivity contribution in [3.8, 4) is 0 Å². The fourth-order valence-corrected chi connectivity index (χ4v) is 4.21. The Labute approximate surface area is 166 Å². The van der Waals surface area contributed by atoms with E-state index in [1.807, 2.05) is 13.8 Å². The summed E-state index contributed by atoms with van der Waals surface area (Å²) in [6.07, 6.45) is 0.674. The lowest BCUT2D eigenvalue weighted by Crippen LogP contribution is -2.31. The van der Waals surface area contributed by atoms with E-state index >= 15 is 0 Å². The molecule has 0 saturated carbocycles. The van der Waals surface area contributed by atoms with Gasteiger partial charge >= 0.3 is 0 Å². The lowest BCUT2D eigenvalue weighted by atomic mass is 10.1. The van der Waals surface area contributed by atoms with E-state index in [0.29, 0.717) is 30.2 Å². The molecule has 2 aromatic rings. The van der Waals surface area contributed by atoms with Crippen molar-refractivity contribution in [1.82, 2.24) is 19.5 Å². The summed E-state index contributed by atoms with van der Waals surface area (Å²) >= 11 is 6.19. The molecule has 28 heavy (non-hydrogen) atoms. The largest absolute Gasteiger partial charge is 0.394 e.